The highest BCUT2D eigenvalue weighted by atomic mass is 15.1. The van der Waals surface area contributed by atoms with Gasteiger partial charge in [-0.1, -0.05) is 12.1 Å². The second-order valence-electron chi connectivity index (χ2n) is 3.51. The number of unbranched alkanes of at least 4 members (excludes halogenated alkanes) is 1. The summed E-state index contributed by atoms with van der Waals surface area (Å²) < 4.78 is 0. The first kappa shape index (κ1) is 11.3. The molecule has 1 aromatic carbocycles. The third-order valence-electron chi connectivity index (χ3n) is 2.32. The number of nitrogens with zero attached hydrogens (tertiary/aromatic N) is 2. The number of hydrogen-bond acceptors (Lipinski definition) is 2. The molecule has 0 saturated heterocycles. The molecular formula is C13H16N2. The molecule has 2 nitrogen and oxygen atoms in total. The lowest BCUT2D eigenvalue weighted by Gasteiger charge is -2.18. The number of hydrogen-bond donors (Lipinski definition) is 0. The first-order valence-electron chi connectivity index (χ1n) is 5.10. The lowest BCUT2D eigenvalue weighted by Crippen LogP contribution is -2.18. The van der Waals surface area contributed by atoms with Crippen LogP contribution in [0.5, 0.6) is 0 Å². The van der Waals surface area contributed by atoms with Crippen LogP contribution in [0.4, 0.5) is 5.69 Å². The van der Waals surface area contributed by atoms with Gasteiger partial charge in [0.15, 0.2) is 0 Å². The maximum absolute atomic E-state index is 8.78. The molecule has 0 aliphatic rings. The Morgan fingerprint density at radius 1 is 1.53 bits per heavy atom. The summed E-state index contributed by atoms with van der Waals surface area (Å²) in [5, 5.41) is 8.78. The first-order valence-corrected chi connectivity index (χ1v) is 5.10. The van der Waals surface area contributed by atoms with Gasteiger partial charge in [-0.2, -0.15) is 5.26 Å². The average Bonchev–Trinajstić information content (AvgIpc) is 2.29. The van der Waals surface area contributed by atoms with E-state index in [1.165, 1.54) is 0 Å². The Morgan fingerprint density at radius 3 is 3.00 bits per heavy atom. The molecule has 0 saturated carbocycles. The molecule has 0 aromatic heterocycles. The Labute approximate surface area is 91.4 Å². The fourth-order valence-electron chi connectivity index (χ4n) is 1.41. The zero-order valence-electron chi connectivity index (χ0n) is 9.11. The summed E-state index contributed by atoms with van der Waals surface area (Å²) >= 11 is 0. The Kier molecular flexibility index (Phi) is 4.43. The summed E-state index contributed by atoms with van der Waals surface area (Å²) in [6.07, 6.45) is 4.05. The fourth-order valence-corrected chi connectivity index (χ4v) is 1.41. The van der Waals surface area contributed by atoms with Crippen LogP contribution in [0, 0.1) is 11.3 Å². The van der Waals surface area contributed by atoms with Crippen LogP contribution in [0.3, 0.4) is 0 Å². The van der Waals surface area contributed by atoms with E-state index in [1.807, 2.05) is 37.4 Å². The smallest absolute Gasteiger partial charge is 0.0992 e. The number of nitriles is 1. The number of benzene rings is 1. The van der Waals surface area contributed by atoms with E-state index in [1.54, 1.807) is 0 Å². The van der Waals surface area contributed by atoms with Gasteiger partial charge in [0.05, 0.1) is 11.6 Å². The number of anilines is 1. The fraction of sp³-hybridized carbons (Fsp3) is 0.308. The normalized spacial score (nSPS) is 9.33. The van der Waals surface area contributed by atoms with Gasteiger partial charge in [0.2, 0.25) is 0 Å². The van der Waals surface area contributed by atoms with Crippen molar-refractivity contribution in [2.75, 3.05) is 18.5 Å². The predicted octanol–water partition coefficient (Wildman–Crippen LogP) is 2.96. The third kappa shape index (κ3) is 3.47. The van der Waals surface area contributed by atoms with Crippen LogP contribution in [0.15, 0.2) is 36.9 Å². The molecule has 0 aliphatic carbocycles. The van der Waals surface area contributed by atoms with Gasteiger partial charge in [-0.25, -0.2) is 0 Å². The summed E-state index contributed by atoms with van der Waals surface area (Å²) in [7, 11) is 2.04. The van der Waals surface area contributed by atoms with Gasteiger partial charge in [-0.3, -0.25) is 0 Å². The Bertz CT molecular complexity index is 363. The zero-order valence-corrected chi connectivity index (χ0v) is 9.11. The van der Waals surface area contributed by atoms with Crippen molar-refractivity contribution in [1.29, 1.82) is 5.26 Å². The highest BCUT2D eigenvalue weighted by Gasteiger charge is 2.00. The molecule has 1 rings (SSSR count). The molecule has 0 heterocycles. The molecule has 0 bridgehead atoms. The van der Waals surface area contributed by atoms with Gasteiger partial charge in [-0.05, 0) is 31.0 Å². The minimum Gasteiger partial charge on any atom is -0.375 e. The van der Waals surface area contributed by atoms with E-state index in [0.29, 0.717) is 5.56 Å². The number of allylic oxidation sites excluding steroid dienone is 1. The molecule has 0 atom stereocenters. The van der Waals surface area contributed by atoms with Crippen molar-refractivity contribution < 1.29 is 0 Å². The summed E-state index contributed by atoms with van der Waals surface area (Å²) in [5.74, 6) is 0. The average molecular weight is 200 g/mol. The summed E-state index contributed by atoms with van der Waals surface area (Å²) in [4.78, 5) is 2.16. The van der Waals surface area contributed by atoms with E-state index in [2.05, 4.69) is 17.5 Å². The van der Waals surface area contributed by atoms with E-state index < -0.39 is 0 Å². The van der Waals surface area contributed by atoms with Gasteiger partial charge in [0, 0.05) is 19.3 Å². The molecule has 78 valence electrons. The second kappa shape index (κ2) is 5.87. The predicted molar refractivity (Wildman–Crippen MR) is 63.9 cm³/mol. The standard InChI is InChI=1S/C13H16N2/c1-3-4-5-9-15(2)13-8-6-7-12(10-13)11-14/h3,6-8,10H,1,4-5,9H2,2H3. The van der Waals surface area contributed by atoms with Crippen molar-refractivity contribution in [2.45, 2.75) is 12.8 Å². The van der Waals surface area contributed by atoms with Crippen LogP contribution >= 0.6 is 0 Å². The highest BCUT2D eigenvalue weighted by Crippen LogP contribution is 2.14. The van der Waals surface area contributed by atoms with Gasteiger partial charge < -0.3 is 4.90 Å². The second-order valence-corrected chi connectivity index (χ2v) is 3.51. The zero-order chi connectivity index (χ0) is 11.1. The first-order chi connectivity index (χ1) is 7.27. The van der Waals surface area contributed by atoms with Gasteiger partial charge in [-0.15, -0.1) is 6.58 Å². The van der Waals surface area contributed by atoms with Crippen molar-refractivity contribution >= 4 is 5.69 Å². The topological polar surface area (TPSA) is 27.0 Å². The van der Waals surface area contributed by atoms with E-state index in [-0.39, 0.29) is 0 Å². The van der Waals surface area contributed by atoms with E-state index >= 15 is 0 Å². The summed E-state index contributed by atoms with van der Waals surface area (Å²) in [6, 6.07) is 9.81. The van der Waals surface area contributed by atoms with Crippen molar-refractivity contribution in [2.24, 2.45) is 0 Å². The maximum atomic E-state index is 8.78. The molecule has 1 aromatic rings. The number of rotatable bonds is 5. The molecule has 0 N–H and O–H groups in total. The summed E-state index contributed by atoms with van der Waals surface area (Å²) in [6.45, 7) is 4.68. The largest absolute Gasteiger partial charge is 0.375 e. The van der Waals surface area contributed by atoms with E-state index in [0.717, 1.165) is 25.1 Å². The molecule has 0 amide bonds. The SMILES string of the molecule is C=CCCCN(C)c1cccc(C#N)c1. The Morgan fingerprint density at radius 2 is 2.33 bits per heavy atom. The third-order valence-corrected chi connectivity index (χ3v) is 2.32. The van der Waals surface area contributed by atoms with Crippen LogP contribution in [0.2, 0.25) is 0 Å². The van der Waals surface area contributed by atoms with Crippen molar-refractivity contribution in [3.8, 4) is 6.07 Å². The summed E-state index contributed by atoms with van der Waals surface area (Å²) in [5.41, 5.74) is 1.81. The van der Waals surface area contributed by atoms with Gasteiger partial charge >= 0.3 is 0 Å². The molecule has 2 heteroatoms. The van der Waals surface area contributed by atoms with Crippen molar-refractivity contribution in [3.63, 3.8) is 0 Å². The van der Waals surface area contributed by atoms with Gasteiger partial charge in [0.25, 0.3) is 0 Å². The van der Waals surface area contributed by atoms with Crippen LogP contribution in [0.1, 0.15) is 18.4 Å². The van der Waals surface area contributed by atoms with E-state index in [4.69, 9.17) is 5.26 Å². The van der Waals surface area contributed by atoms with Gasteiger partial charge in [0.1, 0.15) is 0 Å². The molecular weight excluding hydrogens is 184 g/mol. The maximum Gasteiger partial charge on any atom is 0.0992 e. The van der Waals surface area contributed by atoms with E-state index in [9.17, 15) is 0 Å². The Balaban J connectivity index is 2.61. The molecule has 0 fully saturated rings. The highest BCUT2D eigenvalue weighted by molar-refractivity contribution is 5.50. The molecule has 15 heavy (non-hydrogen) atoms. The van der Waals surface area contributed by atoms with Crippen molar-refractivity contribution in [3.05, 3.63) is 42.5 Å². The lowest BCUT2D eigenvalue weighted by atomic mass is 10.2. The van der Waals surface area contributed by atoms with Crippen LogP contribution in [0.25, 0.3) is 0 Å². The Hall–Kier alpha value is -1.75. The van der Waals surface area contributed by atoms with Crippen LogP contribution in [-0.4, -0.2) is 13.6 Å². The van der Waals surface area contributed by atoms with Crippen LogP contribution < -0.4 is 4.90 Å². The quantitative estimate of drug-likeness (QED) is 0.539. The van der Waals surface area contributed by atoms with Crippen LogP contribution in [-0.2, 0) is 0 Å². The van der Waals surface area contributed by atoms with Crippen molar-refractivity contribution in [1.82, 2.24) is 0 Å². The molecule has 0 radical (unpaired) electrons. The minimum atomic E-state index is 0.711. The molecule has 0 aliphatic heterocycles. The molecule has 0 unspecified atom stereocenters. The minimum absolute atomic E-state index is 0.711. The lowest BCUT2D eigenvalue weighted by molar-refractivity contribution is 0.802. The molecule has 0 spiro atoms. The monoisotopic (exact) mass is 200 g/mol.